The van der Waals surface area contributed by atoms with Crippen molar-refractivity contribution in [3.05, 3.63) is 71.8 Å². The van der Waals surface area contributed by atoms with Gasteiger partial charge in [0.05, 0.1) is 7.11 Å². The van der Waals surface area contributed by atoms with Gasteiger partial charge in [-0.05, 0) is 30.4 Å². The highest BCUT2D eigenvalue weighted by molar-refractivity contribution is 6.01. The summed E-state index contributed by atoms with van der Waals surface area (Å²) in [5, 5.41) is 12.7. The van der Waals surface area contributed by atoms with Gasteiger partial charge in [-0.3, -0.25) is 10.0 Å². The molecule has 0 saturated carbocycles. The van der Waals surface area contributed by atoms with Gasteiger partial charge in [0, 0.05) is 18.9 Å². The molecule has 9 nitrogen and oxygen atoms in total. The van der Waals surface area contributed by atoms with E-state index in [1.54, 1.807) is 0 Å². The molecular formula is C27H35N3O6. The summed E-state index contributed by atoms with van der Waals surface area (Å²) in [5.41, 5.74) is 1.50. The van der Waals surface area contributed by atoms with E-state index in [4.69, 9.17) is 4.74 Å². The summed E-state index contributed by atoms with van der Waals surface area (Å²) in [5.74, 6) is -1.77. The molecule has 0 aliphatic carbocycles. The molecule has 1 atom stereocenters. The number of nitrogens with zero attached hydrogens (tertiary/aromatic N) is 2. The van der Waals surface area contributed by atoms with E-state index in [0.717, 1.165) is 17.5 Å². The van der Waals surface area contributed by atoms with Crippen LogP contribution in [0.25, 0.3) is 0 Å². The molecule has 0 saturated heterocycles. The molecule has 2 N–H and O–H groups in total. The van der Waals surface area contributed by atoms with Crippen LogP contribution in [0.1, 0.15) is 57.1 Å². The number of hydrogen-bond acceptors (Lipinski definition) is 6. The number of amides is 5. The van der Waals surface area contributed by atoms with E-state index in [0.29, 0.717) is 17.2 Å². The second-order valence-electron chi connectivity index (χ2n) is 8.77. The summed E-state index contributed by atoms with van der Waals surface area (Å²) in [7, 11) is 1.21. The Morgan fingerprint density at radius 2 is 1.47 bits per heavy atom. The van der Waals surface area contributed by atoms with Crippen LogP contribution in [0.5, 0.6) is 0 Å². The molecule has 2 aromatic carbocycles. The Morgan fingerprint density at radius 1 is 0.944 bits per heavy atom. The number of hydroxylamine groups is 2. The minimum atomic E-state index is -1.19. The predicted molar refractivity (Wildman–Crippen MR) is 134 cm³/mol. The molecule has 0 bridgehead atoms. The smallest absolute Gasteiger partial charge is 0.359 e. The number of benzene rings is 2. The van der Waals surface area contributed by atoms with Gasteiger partial charge in [0.15, 0.2) is 0 Å². The van der Waals surface area contributed by atoms with Crippen molar-refractivity contribution >= 4 is 23.9 Å². The van der Waals surface area contributed by atoms with Crippen molar-refractivity contribution in [2.75, 3.05) is 13.7 Å². The van der Waals surface area contributed by atoms with Gasteiger partial charge >= 0.3 is 18.0 Å². The lowest BCUT2D eigenvalue weighted by Crippen LogP contribution is -2.55. The topological polar surface area (TPSA) is 116 Å². The number of methoxy groups -OCH3 is 1. The molecule has 0 aromatic heterocycles. The molecule has 5 amide bonds. The third-order valence-electron chi connectivity index (χ3n) is 5.77. The Kier molecular flexibility index (Phi) is 11.1. The summed E-state index contributed by atoms with van der Waals surface area (Å²) in [6.45, 7) is 5.39. The van der Waals surface area contributed by atoms with Crippen LogP contribution in [0, 0.1) is 5.92 Å². The van der Waals surface area contributed by atoms with Crippen molar-refractivity contribution in [1.29, 1.82) is 0 Å². The van der Waals surface area contributed by atoms with Gasteiger partial charge in [-0.2, -0.15) is 0 Å². The van der Waals surface area contributed by atoms with E-state index in [9.17, 15) is 24.4 Å². The van der Waals surface area contributed by atoms with E-state index in [1.807, 2.05) is 74.5 Å². The molecule has 9 heteroatoms. The minimum absolute atomic E-state index is 0.0333. The summed E-state index contributed by atoms with van der Waals surface area (Å²) >= 11 is 0. The molecule has 194 valence electrons. The molecule has 2 aromatic rings. The minimum Gasteiger partial charge on any atom is -0.467 e. The lowest BCUT2D eigenvalue weighted by molar-refractivity contribution is -0.154. The molecule has 0 fully saturated rings. The maximum Gasteiger partial charge on any atom is 0.359 e. The molecular weight excluding hydrogens is 462 g/mol. The van der Waals surface area contributed by atoms with E-state index >= 15 is 0 Å². The molecule has 0 aliphatic heterocycles. The number of rotatable bonds is 10. The molecule has 0 aliphatic rings. The highest BCUT2D eigenvalue weighted by Gasteiger charge is 2.36. The van der Waals surface area contributed by atoms with Crippen molar-refractivity contribution in [2.45, 2.75) is 52.0 Å². The molecule has 36 heavy (non-hydrogen) atoms. The first-order valence-electron chi connectivity index (χ1n) is 12.0. The van der Waals surface area contributed by atoms with Crippen molar-refractivity contribution in [1.82, 2.24) is 15.3 Å². The van der Waals surface area contributed by atoms with Gasteiger partial charge < -0.3 is 10.1 Å². The fourth-order valence-electron chi connectivity index (χ4n) is 3.87. The quantitative estimate of drug-likeness (QED) is 0.282. The van der Waals surface area contributed by atoms with Crippen LogP contribution in [0.2, 0.25) is 0 Å². The Morgan fingerprint density at radius 3 is 1.92 bits per heavy atom. The Bertz CT molecular complexity index is 973. The predicted octanol–water partition coefficient (Wildman–Crippen LogP) is 4.56. The molecule has 0 unspecified atom stereocenters. The van der Waals surface area contributed by atoms with Gasteiger partial charge in [0.25, 0.3) is 5.91 Å². The van der Waals surface area contributed by atoms with Crippen LogP contribution in [0.15, 0.2) is 60.7 Å². The highest BCUT2D eigenvalue weighted by Crippen LogP contribution is 2.29. The van der Waals surface area contributed by atoms with Crippen molar-refractivity contribution in [3.63, 3.8) is 0 Å². The molecule has 0 radical (unpaired) electrons. The summed E-state index contributed by atoms with van der Waals surface area (Å²) in [6, 6.07) is 14.9. The van der Waals surface area contributed by atoms with Crippen LogP contribution < -0.4 is 5.32 Å². The second kappa shape index (κ2) is 14.0. The van der Waals surface area contributed by atoms with E-state index in [2.05, 4.69) is 5.32 Å². The second-order valence-corrected chi connectivity index (χ2v) is 8.77. The van der Waals surface area contributed by atoms with Crippen LogP contribution in [0.3, 0.4) is 0 Å². The third-order valence-corrected chi connectivity index (χ3v) is 5.77. The number of nitrogens with one attached hydrogen (secondary N) is 1. The van der Waals surface area contributed by atoms with E-state index in [-0.39, 0.29) is 18.0 Å². The maximum atomic E-state index is 13.2. The number of hydrogen-bond donors (Lipinski definition) is 2. The zero-order valence-electron chi connectivity index (χ0n) is 21.2. The van der Waals surface area contributed by atoms with Crippen LogP contribution in [0.4, 0.5) is 9.59 Å². The fraction of sp³-hybridized carbons (Fsp3) is 0.407. The summed E-state index contributed by atoms with van der Waals surface area (Å²) < 4.78 is 4.99. The lowest BCUT2D eigenvalue weighted by Gasteiger charge is -2.30. The van der Waals surface area contributed by atoms with Gasteiger partial charge in [-0.1, -0.05) is 80.9 Å². The van der Waals surface area contributed by atoms with E-state index < -0.39 is 35.9 Å². The summed E-state index contributed by atoms with van der Waals surface area (Å²) in [4.78, 5) is 51.8. The Hall–Kier alpha value is -3.72. The number of esters is 1. The van der Waals surface area contributed by atoms with Gasteiger partial charge in [0.1, 0.15) is 6.04 Å². The third kappa shape index (κ3) is 7.64. The first-order chi connectivity index (χ1) is 17.2. The van der Waals surface area contributed by atoms with Crippen LogP contribution in [-0.4, -0.2) is 58.8 Å². The number of imide groups is 2. The molecule has 0 heterocycles. The average molecular weight is 498 g/mol. The van der Waals surface area contributed by atoms with Gasteiger partial charge in [-0.25, -0.2) is 19.3 Å². The standard InChI is InChI=1S/C27H35N3O6/c1-5-29(27(34)30(35)22(31)18-12-13-19(2)3)26(33)28-24(25(32)36-4)23(20-14-8-6-9-15-20)21-16-10-7-11-17-21/h6-11,14-17,19,23-24,35H,5,12-13,18H2,1-4H3,(H,28,33)/t24-/m0/s1. The van der Waals surface area contributed by atoms with E-state index in [1.165, 1.54) is 14.0 Å². The highest BCUT2D eigenvalue weighted by atomic mass is 16.5. The van der Waals surface area contributed by atoms with Crippen molar-refractivity contribution < 1.29 is 29.1 Å². The van der Waals surface area contributed by atoms with Crippen molar-refractivity contribution in [2.24, 2.45) is 5.92 Å². The zero-order valence-corrected chi connectivity index (χ0v) is 21.2. The zero-order chi connectivity index (χ0) is 26.7. The number of ether oxygens (including phenoxy) is 1. The first-order valence-corrected chi connectivity index (χ1v) is 12.0. The lowest BCUT2D eigenvalue weighted by atomic mass is 9.85. The monoisotopic (exact) mass is 497 g/mol. The molecule has 0 spiro atoms. The Labute approximate surface area is 212 Å². The van der Waals surface area contributed by atoms with Crippen molar-refractivity contribution in [3.8, 4) is 0 Å². The maximum absolute atomic E-state index is 13.2. The normalized spacial score (nSPS) is 11.6. The van der Waals surface area contributed by atoms with Crippen LogP contribution >= 0.6 is 0 Å². The summed E-state index contributed by atoms with van der Waals surface area (Å²) in [6.07, 6.45) is 1.22. The van der Waals surface area contributed by atoms with Gasteiger partial charge in [-0.15, -0.1) is 5.06 Å². The Balaban J connectivity index is 2.30. The number of carbonyl (C=O) groups is 4. The van der Waals surface area contributed by atoms with Gasteiger partial charge in [0.2, 0.25) is 0 Å². The first kappa shape index (κ1) is 28.5. The average Bonchev–Trinajstić information content (AvgIpc) is 2.88. The largest absolute Gasteiger partial charge is 0.467 e. The number of carbonyl (C=O) groups excluding carboxylic acids is 4. The molecule has 2 rings (SSSR count). The SMILES string of the molecule is CCN(C(=O)N[C@H](C(=O)OC)C(c1ccccc1)c1ccccc1)C(=O)N(O)C(=O)CCCC(C)C. The number of urea groups is 2. The fourth-order valence-corrected chi connectivity index (χ4v) is 3.87. The van der Waals surface area contributed by atoms with Crippen LogP contribution in [-0.2, 0) is 14.3 Å².